The number of nitro groups is 1. The lowest BCUT2D eigenvalue weighted by Gasteiger charge is -2.30. The molecule has 1 aromatic carbocycles. The highest BCUT2D eigenvalue weighted by molar-refractivity contribution is 5.70. The van der Waals surface area contributed by atoms with Crippen LogP contribution in [-0.4, -0.2) is 34.0 Å². The van der Waals surface area contributed by atoms with Crippen LogP contribution < -0.4 is 0 Å². The van der Waals surface area contributed by atoms with Crippen molar-refractivity contribution in [2.45, 2.75) is 39.2 Å². The first-order chi connectivity index (χ1) is 10.4. The average Bonchev–Trinajstić information content (AvgIpc) is 2.47. The first-order valence-electron chi connectivity index (χ1n) is 7.61. The van der Waals surface area contributed by atoms with Crippen LogP contribution in [-0.2, 0) is 11.3 Å². The van der Waals surface area contributed by atoms with Gasteiger partial charge in [0, 0.05) is 24.7 Å². The normalized spacial score (nSPS) is 19.3. The fourth-order valence-electron chi connectivity index (χ4n) is 2.99. The second-order valence-corrected chi connectivity index (χ2v) is 6.22. The van der Waals surface area contributed by atoms with Crippen LogP contribution in [0.4, 0.5) is 5.69 Å². The van der Waals surface area contributed by atoms with Gasteiger partial charge >= 0.3 is 5.97 Å². The zero-order valence-electron chi connectivity index (χ0n) is 13.0. The van der Waals surface area contributed by atoms with E-state index in [-0.39, 0.29) is 22.4 Å². The average molecular weight is 306 g/mol. The third kappa shape index (κ3) is 3.82. The molecule has 0 aromatic heterocycles. The molecule has 22 heavy (non-hydrogen) atoms. The van der Waals surface area contributed by atoms with Crippen molar-refractivity contribution in [3.63, 3.8) is 0 Å². The first-order valence-corrected chi connectivity index (χ1v) is 7.61. The van der Waals surface area contributed by atoms with E-state index in [2.05, 4.69) is 4.90 Å². The fraction of sp³-hybridized carbons (Fsp3) is 0.562. The predicted octanol–water partition coefficient (Wildman–Crippen LogP) is 3.01. The molecule has 1 heterocycles. The van der Waals surface area contributed by atoms with Crippen LogP contribution >= 0.6 is 0 Å². The molecule has 0 bridgehead atoms. The standard InChI is InChI=1S/C16H22N2O4/c1-11(2)14-6-5-12(8-15(14)18(21)22)9-17-7-3-4-13(10-17)16(19)20/h5-6,8,11,13H,3-4,7,9-10H2,1-2H3,(H,19,20). The molecule has 1 aliphatic rings. The summed E-state index contributed by atoms with van der Waals surface area (Å²) in [5.74, 6) is -0.995. The molecule has 0 saturated carbocycles. The Balaban J connectivity index is 2.14. The predicted molar refractivity (Wildman–Crippen MR) is 82.8 cm³/mol. The molecular formula is C16H22N2O4. The van der Waals surface area contributed by atoms with Crippen molar-refractivity contribution in [1.29, 1.82) is 0 Å². The molecule has 1 saturated heterocycles. The van der Waals surface area contributed by atoms with Gasteiger partial charge in [0.05, 0.1) is 10.8 Å². The van der Waals surface area contributed by atoms with Gasteiger partial charge in [-0.15, -0.1) is 0 Å². The van der Waals surface area contributed by atoms with Gasteiger partial charge in [0.1, 0.15) is 0 Å². The molecule has 6 nitrogen and oxygen atoms in total. The summed E-state index contributed by atoms with van der Waals surface area (Å²) in [5, 5.41) is 20.3. The largest absolute Gasteiger partial charge is 0.481 e. The van der Waals surface area contributed by atoms with Crippen LogP contribution in [0.15, 0.2) is 18.2 Å². The van der Waals surface area contributed by atoms with Crippen molar-refractivity contribution in [1.82, 2.24) is 4.90 Å². The van der Waals surface area contributed by atoms with Crippen LogP contribution in [0.2, 0.25) is 0 Å². The Morgan fingerprint density at radius 1 is 1.50 bits per heavy atom. The number of hydrogen-bond acceptors (Lipinski definition) is 4. The van der Waals surface area contributed by atoms with Crippen molar-refractivity contribution < 1.29 is 14.8 Å². The number of carboxylic acids is 1. The SMILES string of the molecule is CC(C)c1ccc(CN2CCCC(C(=O)O)C2)cc1[N+](=O)[O-]. The van der Waals surface area contributed by atoms with Crippen molar-refractivity contribution in [2.75, 3.05) is 13.1 Å². The first kappa shape index (κ1) is 16.4. The van der Waals surface area contributed by atoms with Gasteiger partial charge in [0.15, 0.2) is 0 Å². The van der Waals surface area contributed by atoms with Crippen LogP contribution in [0.1, 0.15) is 43.7 Å². The summed E-state index contributed by atoms with van der Waals surface area (Å²) in [5.41, 5.74) is 1.75. The Morgan fingerprint density at radius 3 is 2.82 bits per heavy atom. The molecule has 2 rings (SSSR count). The van der Waals surface area contributed by atoms with Crippen molar-refractivity contribution in [3.8, 4) is 0 Å². The molecule has 0 aliphatic carbocycles. The Morgan fingerprint density at radius 2 is 2.23 bits per heavy atom. The molecule has 1 atom stereocenters. The second kappa shape index (κ2) is 6.87. The van der Waals surface area contributed by atoms with E-state index in [9.17, 15) is 14.9 Å². The molecule has 1 unspecified atom stereocenters. The number of hydrogen-bond donors (Lipinski definition) is 1. The number of nitro benzene ring substituents is 1. The van der Waals surface area contributed by atoms with Crippen molar-refractivity contribution >= 4 is 11.7 Å². The van der Waals surface area contributed by atoms with Gasteiger partial charge in [-0.25, -0.2) is 0 Å². The third-order valence-electron chi connectivity index (χ3n) is 4.17. The number of carboxylic acid groups (broad SMARTS) is 1. The van der Waals surface area contributed by atoms with Gasteiger partial charge in [-0.2, -0.15) is 0 Å². The van der Waals surface area contributed by atoms with E-state index >= 15 is 0 Å². The molecule has 1 fully saturated rings. The van der Waals surface area contributed by atoms with Gasteiger partial charge in [0.2, 0.25) is 0 Å². The van der Waals surface area contributed by atoms with Crippen molar-refractivity contribution in [3.05, 3.63) is 39.4 Å². The minimum absolute atomic E-state index is 0.0980. The summed E-state index contributed by atoms with van der Waals surface area (Å²) >= 11 is 0. The molecule has 1 N–H and O–H groups in total. The van der Waals surface area contributed by atoms with Crippen molar-refractivity contribution in [2.24, 2.45) is 5.92 Å². The number of benzene rings is 1. The molecule has 0 spiro atoms. The van der Waals surface area contributed by atoms with E-state index in [1.54, 1.807) is 6.07 Å². The summed E-state index contributed by atoms with van der Waals surface area (Å²) in [6.07, 6.45) is 1.56. The lowest BCUT2D eigenvalue weighted by molar-refractivity contribution is -0.385. The van der Waals surface area contributed by atoms with E-state index in [0.717, 1.165) is 24.1 Å². The second-order valence-electron chi connectivity index (χ2n) is 6.22. The summed E-state index contributed by atoms with van der Waals surface area (Å²) < 4.78 is 0. The minimum Gasteiger partial charge on any atom is -0.481 e. The topological polar surface area (TPSA) is 83.7 Å². The van der Waals surface area contributed by atoms with Gasteiger partial charge in [-0.1, -0.05) is 26.0 Å². The fourth-order valence-corrected chi connectivity index (χ4v) is 2.99. The molecule has 1 aromatic rings. The molecule has 120 valence electrons. The molecule has 6 heteroatoms. The molecule has 1 aliphatic heterocycles. The van der Waals surface area contributed by atoms with E-state index in [1.165, 1.54) is 0 Å². The van der Waals surface area contributed by atoms with Gasteiger partial charge < -0.3 is 5.11 Å². The number of piperidine rings is 1. The summed E-state index contributed by atoms with van der Waals surface area (Å²) in [4.78, 5) is 24.1. The van der Waals surface area contributed by atoms with E-state index in [4.69, 9.17) is 5.11 Å². The maximum Gasteiger partial charge on any atom is 0.307 e. The highest BCUT2D eigenvalue weighted by Crippen LogP contribution is 2.28. The number of aliphatic carboxylic acids is 1. The van der Waals surface area contributed by atoms with Gasteiger partial charge in [-0.05, 0) is 30.9 Å². The van der Waals surface area contributed by atoms with Crippen LogP contribution in [0.5, 0.6) is 0 Å². The third-order valence-corrected chi connectivity index (χ3v) is 4.17. The monoisotopic (exact) mass is 306 g/mol. The minimum atomic E-state index is -0.758. The Hall–Kier alpha value is -1.95. The van der Waals surface area contributed by atoms with Crippen LogP contribution in [0.3, 0.4) is 0 Å². The lowest BCUT2D eigenvalue weighted by Crippen LogP contribution is -2.38. The van der Waals surface area contributed by atoms with Crippen LogP contribution in [0.25, 0.3) is 0 Å². The van der Waals surface area contributed by atoms with Gasteiger partial charge in [0.25, 0.3) is 5.69 Å². The summed E-state index contributed by atoms with van der Waals surface area (Å²) in [6.45, 7) is 5.77. The molecular weight excluding hydrogens is 284 g/mol. The maximum absolute atomic E-state index is 11.2. The van der Waals surface area contributed by atoms with E-state index < -0.39 is 5.97 Å². The highest BCUT2D eigenvalue weighted by Gasteiger charge is 2.26. The molecule has 0 amide bonds. The Labute approximate surface area is 129 Å². The maximum atomic E-state index is 11.2. The number of likely N-dealkylation sites (tertiary alicyclic amines) is 1. The van der Waals surface area contributed by atoms with Gasteiger partial charge in [-0.3, -0.25) is 19.8 Å². The Bertz CT molecular complexity index is 571. The summed E-state index contributed by atoms with van der Waals surface area (Å²) in [6, 6.07) is 5.35. The highest BCUT2D eigenvalue weighted by atomic mass is 16.6. The number of carbonyl (C=O) groups is 1. The number of rotatable bonds is 5. The smallest absolute Gasteiger partial charge is 0.307 e. The quantitative estimate of drug-likeness (QED) is 0.667. The van der Waals surface area contributed by atoms with E-state index in [1.807, 2.05) is 26.0 Å². The molecule has 0 radical (unpaired) electrons. The zero-order valence-corrected chi connectivity index (χ0v) is 13.0. The van der Waals surface area contributed by atoms with Crippen LogP contribution in [0, 0.1) is 16.0 Å². The number of nitrogens with zero attached hydrogens (tertiary/aromatic N) is 2. The summed E-state index contributed by atoms with van der Waals surface area (Å²) in [7, 11) is 0. The Kier molecular flexibility index (Phi) is 5.13. The van der Waals surface area contributed by atoms with E-state index in [0.29, 0.717) is 19.5 Å². The lowest BCUT2D eigenvalue weighted by atomic mass is 9.96. The zero-order chi connectivity index (χ0) is 16.3.